The molecule has 0 aliphatic heterocycles. The molecule has 2 aromatic rings. The van der Waals surface area contributed by atoms with E-state index in [4.69, 9.17) is 4.74 Å². The van der Waals surface area contributed by atoms with Crippen LogP contribution in [0.4, 0.5) is 0 Å². The number of nitrogens with zero attached hydrogens (tertiary/aromatic N) is 2. The summed E-state index contributed by atoms with van der Waals surface area (Å²) in [5.74, 6) is 0.631. The maximum absolute atomic E-state index is 10.4. The third kappa shape index (κ3) is 3.16. The average molecular weight is 325 g/mol. The molecular weight excluding hydrogens is 308 g/mol. The fourth-order valence-electron chi connectivity index (χ4n) is 2.06. The van der Waals surface area contributed by atoms with Gasteiger partial charge in [0, 0.05) is 17.4 Å². The molecular formula is C14H17BrN2O2. The Morgan fingerprint density at radius 2 is 2.05 bits per heavy atom. The molecule has 1 atom stereocenters. The highest BCUT2D eigenvalue weighted by Gasteiger charge is 2.19. The van der Waals surface area contributed by atoms with E-state index in [-0.39, 0.29) is 0 Å². The lowest BCUT2D eigenvalue weighted by molar-refractivity contribution is 0.162. The Morgan fingerprint density at radius 1 is 1.37 bits per heavy atom. The molecule has 1 unspecified atom stereocenters. The normalized spacial score (nSPS) is 12.4. The van der Waals surface area contributed by atoms with Gasteiger partial charge in [0.25, 0.3) is 0 Å². The van der Waals surface area contributed by atoms with Crippen molar-refractivity contribution in [1.82, 2.24) is 9.78 Å². The molecule has 0 saturated carbocycles. The summed E-state index contributed by atoms with van der Waals surface area (Å²) in [5, 5.41) is 14.6. The van der Waals surface area contributed by atoms with E-state index in [2.05, 4.69) is 21.0 Å². The van der Waals surface area contributed by atoms with Crippen molar-refractivity contribution in [2.45, 2.75) is 26.0 Å². The molecule has 5 heteroatoms. The number of hydrogen-bond donors (Lipinski definition) is 1. The summed E-state index contributed by atoms with van der Waals surface area (Å²) in [6.45, 7) is 2.69. The van der Waals surface area contributed by atoms with E-state index in [1.807, 2.05) is 31.2 Å². The van der Waals surface area contributed by atoms with Gasteiger partial charge in [0.05, 0.1) is 13.3 Å². The van der Waals surface area contributed by atoms with Gasteiger partial charge in [-0.15, -0.1) is 0 Å². The molecule has 102 valence electrons. The van der Waals surface area contributed by atoms with Crippen LogP contribution in [-0.4, -0.2) is 22.0 Å². The number of hydrogen-bond acceptors (Lipinski definition) is 3. The highest BCUT2D eigenvalue weighted by Crippen LogP contribution is 2.27. The first kappa shape index (κ1) is 14.1. The molecule has 0 spiro atoms. The van der Waals surface area contributed by atoms with Crippen molar-refractivity contribution in [2.24, 2.45) is 0 Å². The second-order valence-corrected chi connectivity index (χ2v) is 5.18. The van der Waals surface area contributed by atoms with E-state index in [9.17, 15) is 5.11 Å². The number of methoxy groups -OCH3 is 1. The lowest BCUT2D eigenvalue weighted by atomic mass is 10.1. The van der Waals surface area contributed by atoms with Gasteiger partial charge in [-0.2, -0.15) is 5.10 Å². The Kier molecular flexibility index (Phi) is 4.61. The van der Waals surface area contributed by atoms with Crippen molar-refractivity contribution in [1.29, 1.82) is 0 Å². The summed E-state index contributed by atoms with van der Waals surface area (Å²) in [6, 6.07) is 7.92. The fourth-order valence-corrected chi connectivity index (χ4v) is 2.33. The number of aliphatic hydroxyl groups excluding tert-OH is 1. The Bertz CT molecular complexity index is 515. The lowest BCUT2D eigenvalue weighted by Crippen LogP contribution is -2.11. The van der Waals surface area contributed by atoms with Gasteiger partial charge in [-0.25, -0.2) is 0 Å². The maximum Gasteiger partial charge on any atom is 0.162 e. The number of halogens is 1. The van der Waals surface area contributed by atoms with Gasteiger partial charge < -0.3 is 9.84 Å². The number of benzene rings is 1. The molecule has 0 radical (unpaired) electrons. The number of aliphatic hydroxyl groups is 1. The van der Waals surface area contributed by atoms with Gasteiger partial charge in [0.15, 0.2) is 5.75 Å². The lowest BCUT2D eigenvalue weighted by Gasteiger charge is -2.14. The van der Waals surface area contributed by atoms with Crippen molar-refractivity contribution < 1.29 is 9.84 Å². The zero-order valence-corrected chi connectivity index (χ0v) is 12.6. The van der Waals surface area contributed by atoms with Crippen LogP contribution >= 0.6 is 15.9 Å². The van der Waals surface area contributed by atoms with E-state index < -0.39 is 6.10 Å². The Balaban J connectivity index is 2.21. The first-order valence-corrected chi connectivity index (χ1v) is 6.97. The molecule has 4 nitrogen and oxygen atoms in total. The minimum atomic E-state index is -0.626. The molecule has 1 aromatic carbocycles. The second kappa shape index (κ2) is 6.21. The van der Waals surface area contributed by atoms with Crippen molar-refractivity contribution in [3.05, 3.63) is 46.2 Å². The summed E-state index contributed by atoms with van der Waals surface area (Å²) >= 11 is 3.40. The van der Waals surface area contributed by atoms with E-state index in [1.165, 1.54) is 0 Å². The molecule has 0 fully saturated rings. The number of aryl methyl sites for hydroxylation is 1. The Hall–Kier alpha value is -1.33. The first-order chi connectivity index (χ1) is 9.15. The van der Waals surface area contributed by atoms with Crippen molar-refractivity contribution in [3.63, 3.8) is 0 Å². The molecule has 1 aromatic heterocycles. The molecule has 0 amide bonds. The monoisotopic (exact) mass is 324 g/mol. The van der Waals surface area contributed by atoms with E-state index in [1.54, 1.807) is 18.0 Å². The smallest absolute Gasteiger partial charge is 0.162 e. The van der Waals surface area contributed by atoms with Crippen LogP contribution in [0.5, 0.6) is 5.75 Å². The third-order valence-electron chi connectivity index (χ3n) is 3.02. The van der Waals surface area contributed by atoms with Gasteiger partial charge in [-0.1, -0.05) is 28.1 Å². The Labute approximate surface area is 121 Å². The molecule has 0 aliphatic rings. The quantitative estimate of drug-likeness (QED) is 0.919. The summed E-state index contributed by atoms with van der Waals surface area (Å²) in [5.41, 5.74) is 1.80. The third-order valence-corrected chi connectivity index (χ3v) is 3.55. The minimum absolute atomic E-state index is 0.537. The van der Waals surface area contributed by atoms with Gasteiger partial charge >= 0.3 is 0 Å². The maximum atomic E-state index is 10.4. The van der Waals surface area contributed by atoms with Crippen LogP contribution in [0.25, 0.3) is 0 Å². The van der Waals surface area contributed by atoms with Crippen LogP contribution in [0, 0.1) is 0 Å². The van der Waals surface area contributed by atoms with E-state index >= 15 is 0 Å². The van der Waals surface area contributed by atoms with Crippen LogP contribution in [-0.2, 0) is 13.0 Å². The number of ether oxygens (including phenoxy) is 1. The zero-order valence-electron chi connectivity index (χ0n) is 11.0. The van der Waals surface area contributed by atoms with Crippen LogP contribution < -0.4 is 4.74 Å². The molecule has 0 saturated heterocycles. The molecule has 0 aliphatic carbocycles. The van der Waals surface area contributed by atoms with Gasteiger partial charge in [-0.3, -0.25) is 4.68 Å². The standard InChI is InChI=1S/C14H17BrN2O2/c1-3-17-14(13(19-2)9-16-17)12(18)8-10-4-6-11(15)7-5-10/h4-7,9,12,18H,3,8H2,1-2H3. The predicted octanol–water partition coefficient (Wildman–Crippen LogP) is 2.95. The van der Waals surface area contributed by atoms with Crippen molar-refractivity contribution >= 4 is 15.9 Å². The van der Waals surface area contributed by atoms with Crippen LogP contribution in [0.2, 0.25) is 0 Å². The van der Waals surface area contributed by atoms with E-state index in [0.29, 0.717) is 18.7 Å². The van der Waals surface area contributed by atoms with Gasteiger partial charge in [0.1, 0.15) is 11.8 Å². The van der Waals surface area contributed by atoms with Gasteiger partial charge in [0.2, 0.25) is 0 Å². The largest absolute Gasteiger partial charge is 0.493 e. The van der Waals surface area contributed by atoms with Crippen molar-refractivity contribution in [3.8, 4) is 5.75 Å². The zero-order chi connectivity index (χ0) is 13.8. The summed E-state index contributed by atoms with van der Waals surface area (Å²) in [4.78, 5) is 0. The Morgan fingerprint density at radius 3 is 2.63 bits per heavy atom. The average Bonchev–Trinajstić information content (AvgIpc) is 2.84. The molecule has 1 N–H and O–H groups in total. The van der Waals surface area contributed by atoms with Crippen LogP contribution in [0.15, 0.2) is 34.9 Å². The highest BCUT2D eigenvalue weighted by atomic mass is 79.9. The molecule has 0 bridgehead atoms. The summed E-state index contributed by atoms with van der Waals surface area (Å²) < 4.78 is 8.05. The molecule has 1 heterocycles. The van der Waals surface area contributed by atoms with E-state index in [0.717, 1.165) is 15.7 Å². The van der Waals surface area contributed by atoms with Crippen LogP contribution in [0.3, 0.4) is 0 Å². The first-order valence-electron chi connectivity index (χ1n) is 6.18. The topological polar surface area (TPSA) is 47.3 Å². The SMILES string of the molecule is CCn1ncc(OC)c1C(O)Cc1ccc(Br)cc1. The number of rotatable bonds is 5. The summed E-state index contributed by atoms with van der Waals surface area (Å²) in [7, 11) is 1.59. The molecule has 19 heavy (non-hydrogen) atoms. The fraction of sp³-hybridized carbons (Fsp3) is 0.357. The molecule has 2 rings (SSSR count). The number of aromatic nitrogens is 2. The van der Waals surface area contributed by atoms with Gasteiger partial charge in [-0.05, 0) is 24.6 Å². The van der Waals surface area contributed by atoms with Crippen molar-refractivity contribution in [2.75, 3.05) is 7.11 Å². The minimum Gasteiger partial charge on any atom is -0.493 e. The highest BCUT2D eigenvalue weighted by molar-refractivity contribution is 9.10. The van der Waals surface area contributed by atoms with Crippen LogP contribution in [0.1, 0.15) is 24.3 Å². The second-order valence-electron chi connectivity index (χ2n) is 4.26. The predicted molar refractivity (Wildman–Crippen MR) is 77.3 cm³/mol. The summed E-state index contributed by atoms with van der Waals surface area (Å²) in [6.07, 6.45) is 1.55.